The zero-order valence-corrected chi connectivity index (χ0v) is 11.0. The molecule has 0 saturated heterocycles. The van der Waals surface area contributed by atoms with Gasteiger partial charge in [-0.1, -0.05) is 20.8 Å². The lowest BCUT2D eigenvalue weighted by Crippen LogP contribution is -2.30. The molecule has 1 rings (SSSR count). The van der Waals surface area contributed by atoms with Crippen LogP contribution in [0.5, 0.6) is 0 Å². The second-order valence-corrected chi connectivity index (χ2v) is 5.02. The van der Waals surface area contributed by atoms with Gasteiger partial charge in [0, 0.05) is 6.04 Å². The van der Waals surface area contributed by atoms with Crippen molar-refractivity contribution in [3.05, 3.63) is 24.2 Å². The molecule has 0 aliphatic rings. The number of hydrogen-bond donors (Lipinski definition) is 1. The number of furan rings is 1. The average molecular weight is 223 g/mol. The minimum absolute atomic E-state index is 0.358. The van der Waals surface area contributed by atoms with E-state index in [1.807, 2.05) is 6.07 Å². The van der Waals surface area contributed by atoms with Crippen molar-refractivity contribution >= 4 is 0 Å². The molecule has 92 valence electrons. The first-order valence-corrected chi connectivity index (χ1v) is 6.43. The maximum Gasteiger partial charge on any atom is 0.120 e. The molecule has 2 atom stereocenters. The monoisotopic (exact) mass is 223 g/mol. The summed E-state index contributed by atoms with van der Waals surface area (Å²) in [6.07, 6.45) is 5.33. The van der Waals surface area contributed by atoms with Crippen LogP contribution in [0.25, 0.3) is 0 Å². The summed E-state index contributed by atoms with van der Waals surface area (Å²) in [7, 11) is 0. The first-order chi connectivity index (χ1) is 7.63. The molecule has 0 aromatic carbocycles. The van der Waals surface area contributed by atoms with E-state index in [0.29, 0.717) is 12.1 Å². The third-order valence-corrected chi connectivity index (χ3v) is 2.96. The molecule has 16 heavy (non-hydrogen) atoms. The highest BCUT2D eigenvalue weighted by Gasteiger charge is 2.14. The summed E-state index contributed by atoms with van der Waals surface area (Å²) >= 11 is 0. The molecular formula is C14H25NO. The van der Waals surface area contributed by atoms with E-state index in [4.69, 9.17) is 4.42 Å². The van der Waals surface area contributed by atoms with Gasteiger partial charge in [-0.2, -0.15) is 0 Å². The topological polar surface area (TPSA) is 25.2 Å². The van der Waals surface area contributed by atoms with Gasteiger partial charge in [0.15, 0.2) is 0 Å². The van der Waals surface area contributed by atoms with Crippen molar-refractivity contribution in [2.45, 2.75) is 59.0 Å². The van der Waals surface area contributed by atoms with E-state index in [0.717, 1.165) is 18.1 Å². The second-order valence-electron chi connectivity index (χ2n) is 5.02. The van der Waals surface area contributed by atoms with E-state index in [2.05, 4.69) is 39.1 Å². The average Bonchev–Trinajstić information content (AvgIpc) is 2.76. The molecule has 1 heterocycles. The van der Waals surface area contributed by atoms with Crippen LogP contribution in [0, 0.1) is 5.92 Å². The van der Waals surface area contributed by atoms with Crippen molar-refractivity contribution in [1.29, 1.82) is 0 Å². The van der Waals surface area contributed by atoms with Gasteiger partial charge in [0.05, 0.1) is 12.3 Å². The van der Waals surface area contributed by atoms with E-state index in [1.54, 1.807) is 6.26 Å². The zero-order valence-electron chi connectivity index (χ0n) is 11.0. The fourth-order valence-electron chi connectivity index (χ4n) is 1.90. The molecule has 2 nitrogen and oxygen atoms in total. The van der Waals surface area contributed by atoms with Crippen molar-refractivity contribution in [2.24, 2.45) is 5.92 Å². The first kappa shape index (κ1) is 13.3. The van der Waals surface area contributed by atoms with Crippen molar-refractivity contribution in [3.63, 3.8) is 0 Å². The van der Waals surface area contributed by atoms with Crippen LogP contribution in [-0.2, 0) is 0 Å². The Balaban J connectivity index is 2.38. The van der Waals surface area contributed by atoms with Gasteiger partial charge in [0.1, 0.15) is 5.76 Å². The molecule has 0 radical (unpaired) electrons. The third kappa shape index (κ3) is 4.40. The summed E-state index contributed by atoms with van der Waals surface area (Å²) in [5.74, 6) is 1.84. The van der Waals surface area contributed by atoms with Gasteiger partial charge in [-0.25, -0.2) is 0 Å². The summed E-state index contributed by atoms with van der Waals surface area (Å²) in [6, 6.07) is 4.92. The standard InChI is InChI=1S/C14H25NO/c1-5-13(14-7-6-10-16-14)15-12(4)9-8-11(2)3/h6-7,10-13,15H,5,8-9H2,1-4H3. The predicted molar refractivity (Wildman–Crippen MR) is 68.4 cm³/mol. The molecule has 2 unspecified atom stereocenters. The molecule has 1 N–H and O–H groups in total. The molecule has 1 aromatic heterocycles. The molecular weight excluding hydrogens is 198 g/mol. The van der Waals surface area contributed by atoms with Gasteiger partial charge in [0.2, 0.25) is 0 Å². The van der Waals surface area contributed by atoms with Crippen LogP contribution >= 0.6 is 0 Å². The Morgan fingerprint density at radius 1 is 1.25 bits per heavy atom. The predicted octanol–water partition coefficient (Wildman–Crippen LogP) is 4.15. The summed E-state index contributed by atoms with van der Waals surface area (Å²) in [5, 5.41) is 3.63. The quantitative estimate of drug-likeness (QED) is 0.751. The maximum atomic E-state index is 5.45. The molecule has 0 aliphatic heterocycles. The van der Waals surface area contributed by atoms with Gasteiger partial charge in [-0.05, 0) is 44.2 Å². The molecule has 1 aromatic rings. The van der Waals surface area contributed by atoms with Crippen LogP contribution in [0.1, 0.15) is 58.8 Å². The van der Waals surface area contributed by atoms with Gasteiger partial charge in [-0.15, -0.1) is 0 Å². The molecule has 0 spiro atoms. The third-order valence-electron chi connectivity index (χ3n) is 2.96. The lowest BCUT2D eigenvalue weighted by atomic mass is 10.0. The molecule has 0 amide bonds. The SMILES string of the molecule is CCC(NC(C)CCC(C)C)c1ccco1. The lowest BCUT2D eigenvalue weighted by Gasteiger charge is -2.21. The van der Waals surface area contributed by atoms with Gasteiger partial charge >= 0.3 is 0 Å². The van der Waals surface area contributed by atoms with Crippen molar-refractivity contribution < 1.29 is 4.42 Å². The second kappa shape index (κ2) is 6.74. The van der Waals surface area contributed by atoms with E-state index in [1.165, 1.54) is 12.8 Å². The Hall–Kier alpha value is -0.760. The van der Waals surface area contributed by atoms with Gasteiger partial charge in [0.25, 0.3) is 0 Å². The number of nitrogens with one attached hydrogen (secondary N) is 1. The molecule has 0 fully saturated rings. The smallest absolute Gasteiger partial charge is 0.120 e. The summed E-state index contributed by atoms with van der Waals surface area (Å²) < 4.78 is 5.45. The fraction of sp³-hybridized carbons (Fsp3) is 0.714. The highest BCUT2D eigenvalue weighted by molar-refractivity contribution is 5.04. The zero-order chi connectivity index (χ0) is 12.0. The van der Waals surface area contributed by atoms with Crippen LogP contribution in [0.2, 0.25) is 0 Å². The van der Waals surface area contributed by atoms with Gasteiger partial charge in [-0.3, -0.25) is 0 Å². The van der Waals surface area contributed by atoms with Crippen molar-refractivity contribution in [3.8, 4) is 0 Å². The highest BCUT2D eigenvalue weighted by atomic mass is 16.3. The molecule has 2 heteroatoms. The van der Waals surface area contributed by atoms with E-state index >= 15 is 0 Å². The highest BCUT2D eigenvalue weighted by Crippen LogP contribution is 2.18. The Morgan fingerprint density at radius 3 is 2.50 bits per heavy atom. The number of hydrogen-bond acceptors (Lipinski definition) is 2. The number of rotatable bonds is 7. The normalized spacial score (nSPS) is 15.3. The summed E-state index contributed by atoms with van der Waals surface area (Å²) in [6.45, 7) is 9.00. The van der Waals surface area contributed by atoms with Crippen LogP contribution in [-0.4, -0.2) is 6.04 Å². The van der Waals surface area contributed by atoms with Crippen molar-refractivity contribution in [2.75, 3.05) is 0 Å². The van der Waals surface area contributed by atoms with E-state index < -0.39 is 0 Å². The Labute approximate surface area is 99.4 Å². The molecule has 0 bridgehead atoms. The Kier molecular flexibility index (Phi) is 5.61. The fourth-order valence-corrected chi connectivity index (χ4v) is 1.90. The Bertz CT molecular complexity index is 266. The maximum absolute atomic E-state index is 5.45. The summed E-state index contributed by atoms with van der Waals surface area (Å²) in [4.78, 5) is 0. The molecule has 0 saturated carbocycles. The lowest BCUT2D eigenvalue weighted by molar-refractivity contribution is 0.352. The summed E-state index contributed by atoms with van der Waals surface area (Å²) in [5.41, 5.74) is 0. The van der Waals surface area contributed by atoms with Crippen LogP contribution in [0.15, 0.2) is 22.8 Å². The first-order valence-electron chi connectivity index (χ1n) is 6.43. The van der Waals surface area contributed by atoms with Crippen LogP contribution < -0.4 is 5.32 Å². The van der Waals surface area contributed by atoms with Gasteiger partial charge < -0.3 is 9.73 Å². The molecule has 0 aliphatic carbocycles. The minimum Gasteiger partial charge on any atom is -0.468 e. The van der Waals surface area contributed by atoms with E-state index in [9.17, 15) is 0 Å². The Morgan fingerprint density at radius 2 is 2.00 bits per heavy atom. The largest absolute Gasteiger partial charge is 0.468 e. The van der Waals surface area contributed by atoms with Crippen LogP contribution in [0.3, 0.4) is 0 Å². The van der Waals surface area contributed by atoms with Crippen molar-refractivity contribution in [1.82, 2.24) is 5.32 Å². The van der Waals surface area contributed by atoms with Crippen LogP contribution in [0.4, 0.5) is 0 Å². The minimum atomic E-state index is 0.358. The van der Waals surface area contributed by atoms with E-state index in [-0.39, 0.29) is 0 Å².